The van der Waals surface area contributed by atoms with Gasteiger partial charge in [0.25, 0.3) is 5.95 Å². The lowest BCUT2D eigenvalue weighted by Crippen LogP contribution is -2.24. The van der Waals surface area contributed by atoms with Crippen molar-refractivity contribution in [1.29, 1.82) is 0 Å². The minimum Gasteiger partial charge on any atom is -0.368 e. The van der Waals surface area contributed by atoms with Crippen LogP contribution in [-0.4, -0.2) is 38.3 Å². The Kier molecular flexibility index (Phi) is 3.78. The fourth-order valence-electron chi connectivity index (χ4n) is 1.86. The van der Waals surface area contributed by atoms with Gasteiger partial charge in [0, 0.05) is 30.9 Å². The highest BCUT2D eigenvalue weighted by Gasteiger charge is 2.10. The molecule has 3 aromatic heterocycles. The number of thiophene rings is 1. The van der Waals surface area contributed by atoms with Crippen LogP contribution >= 0.6 is 11.3 Å². The van der Waals surface area contributed by atoms with E-state index < -0.39 is 0 Å². The average molecular weight is 301 g/mol. The molecule has 108 valence electrons. The van der Waals surface area contributed by atoms with Gasteiger partial charge in [0.05, 0.1) is 0 Å². The molecule has 3 rings (SSSR count). The van der Waals surface area contributed by atoms with Crippen LogP contribution in [0.15, 0.2) is 36.0 Å². The highest BCUT2D eigenvalue weighted by Crippen LogP contribution is 2.13. The molecule has 0 saturated carbocycles. The van der Waals surface area contributed by atoms with Gasteiger partial charge in [-0.15, -0.1) is 11.3 Å². The first-order valence-corrected chi connectivity index (χ1v) is 7.35. The first kappa shape index (κ1) is 13.5. The molecular weight excluding hydrogens is 286 g/mol. The van der Waals surface area contributed by atoms with Crippen LogP contribution in [0, 0.1) is 0 Å². The van der Waals surface area contributed by atoms with Crippen molar-refractivity contribution in [2.24, 2.45) is 0 Å². The van der Waals surface area contributed by atoms with Crippen LogP contribution in [-0.2, 0) is 6.42 Å². The summed E-state index contributed by atoms with van der Waals surface area (Å²) in [6.45, 7) is 0.808. The van der Waals surface area contributed by atoms with Crippen LogP contribution in [0.4, 0.5) is 11.9 Å². The number of nitrogen functional groups attached to an aromatic ring is 1. The molecule has 0 radical (unpaired) electrons. The van der Waals surface area contributed by atoms with Crippen molar-refractivity contribution in [2.45, 2.75) is 6.42 Å². The first-order chi connectivity index (χ1) is 10.2. The van der Waals surface area contributed by atoms with E-state index in [4.69, 9.17) is 5.73 Å². The fraction of sp³-hybridized carbons (Fsp3) is 0.231. The number of nitrogens with zero attached hydrogens (tertiary/aromatic N) is 6. The predicted octanol–water partition coefficient (Wildman–Crippen LogP) is 1.38. The molecule has 0 fully saturated rings. The van der Waals surface area contributed by atoms with E-state index in [1.54, 1.807) is 34.5 Å². The number of anilines is 2. The van der Waals surface area contributed by atoms with E-state index in [-0.39, 0.29) is 5.95 Å². The number of hydrogen-bond donors (Lipinski definition) is 1. The Labute approximate surface area is 126 Å². The molecule has 0 saturated heterocycles. The summed E-state index contributed by atoms with van der Waals surface area (Å²) in [6.07, 6.45) is 4.38. The Morgan fingerprint density at radius 1 is 1.29 bits per heavy atom. The highest BCUT2D eigenvalue weighted by molar-refractivity contribution is 7.09. The van der Waals surface area contributed by atoms with Gasteiger partial charge in [-0.25, -0.2) is 4.68 Å². The number of hydrogen-bond acceptors (Lipinski definition) is 7. The zero-order valence-electron chi connectivity index (χ0n) is 11.5. The summed E-state index contributed by atoms with van der Waals surface area (Å²) in [5, 5.41) is 6.18. The Bertz CT molecular complexity index is 693. The summed E-state index contributed by atoms with van der Waals surface area (Å²) >= 11 is 1.75. The maximum Gasteiger partial charge on any atom is 0.257 e. The zero-order valence-corrected chi connectivity index (χ0v) is 12.4. The summed E-state index contributed by atoms with van der Waals surface area (Å²) < 4.78 is 1.56. The van der Waals surface area contributed by atoms with Crippen LogP contribution < -0.4 is 10.6 Å². The van der Waals surface area contributed by atoms with E-state index in [0.717, 1.165) is 13.0 Å². The summed E-state index contributed by atoms with van der Waals surface area (Å²) in [6, 6.07) is 5.98. The van der Waals surface area contributed by atoms with E-state index in [2.05, 4.69) is 37.6 Å². The molecule has 0 aliphatic rings. The average Bonchev–Trinajstić information content (AvgIpc) is 3.17. The van der Waals surface area contributed by atoms with Gasteiger partial charge >= 0.3 is 0 Å². The molecular formula is C13H15N7S. The molecule has 0 unspecified atom stereocenters. The van der Waals surface area contributed by atoms with Gasteiger partial charge in [0.1, 0.15) is 0 Å². The Morgan fingerprint density at radius 3 is 2.90 bits per heavy atom. The van der Waals surface area contributed by atoms with E-state index >= 15 is 0 Å². The maximum atomic E-state index is 5.77. The van der Waals surface area contributed by atoms with Gasteiger partial charge in [-0.1, -0.05) is 6.07 Å². The molecule has 0 aromatic carbocycles. The molecule has 7 nitrogen and oxygen atoms in total. The van der Waals surface area contributed by atoms with Gasteiger partial charge < -0.3 is 10.6 Å². The lowest BCUT2D eigenvalue weighted by molar-refractivity contribution is 0.774. The smallest absolute Gasteiger partial charge is 0.257 e. The molecule has 0 atom stereocenters. The van der Waals surface area contributed by atoms with Crippen LogP contribution in [0.2, 0.25) is 0 Å². The standard InChI is InChI=1S/C13H15N7S/c1-19(8-5-10-4-2-9-21-10)12-16-11(14)17-13(18-12)20-7-3-6-15-20/h2-4,6-7,9H,5,8H2,1H3,(H2,14,16,17,18). The predicted molar refractivity (Wildman–Crippen MR) is 82.7 cm³/mol. The van der Waals surface area contributed by atoms with Crippen LogP contribution in [0.1, 0.15) is 4.88 Å². The van der Waals surface area contributed by atoms with Crippen molar-refractivity contribution >= 4 is 23.2 Å². The second-order valence-corrected chi connectivity index (χ2v) is 5.53. The SMILES string of the molecule is CN(CCc1cccs1)c1nc(N)nc(-n2cccn2)n1. The molecule has 0 aliphatic heterocycles. The molecule has 0 bridgehead atoms. The summed E-state index contributed by atoms with van der Waals surface area (Å²) in [5.41, 5.74) is 5.77. The third-order valence-electron chi connectivity index (χ3n) is 2.95. The van der Waals surface area contributed by atoms with Gasteiger partial charge in [0.2, 0.25) is 11.9 Å². The molecule has 0 spiro atoms. The monoisotopic (exact) mass is 301 g/mol. The van der Waals surface area contributed by atoms with Crippen LogP contribution in [0.5, 0.6) is 0 Å². The normalized spacial score (nSPS) is 10.7. The van der Waals surface area contributed by atoms with Crippen molar-refractivity contribution in [2.75, 3.05) is 24.2 Å². The molecule has 0 amide bonds. The van der Waals surface area contributed by atoms with Gasteiger partial charge in [0.15, 0.2) is 0 Å². The number of nitrogens with two attached hydrogens (primary N) is 1. The maximum absolute atomic E-state index is 5.77. The molecule has 8 heteroatoms. The summed E-state index contributed by atoms with van der Waals surface area (Å²) in [4.78, 5) is 16.0. The van der Waals surface area contributed by atoms with Crippen molar-refractivity contribution in [3.63, 3.8) is 0 Å². The molecule has 3 heterocycles. The Morgan fingerprint density at radius 2 is 2.19 bits per heavy atom. The third-order valence-corrected chi connectivity index (χ3v) is 3.89. The van der Waals surface area contributed by atoms with Crippen LogP contribution in [0.25, 0.3) is 5.95 Å². The van der Waals surface area contributed by atoms with Gasteiger partial charge in [-0.2, -0.15) is 20.1 Å². The van der Waals surface area contributed by atoms with Gasteiger partial charge in [-0.05, 0) is 23.9 Å². The largest absolute Gasteiger partial charge is 0.368 e. The zero-order chi connectivity index (χ0) is 14.7. The Hall–Kier alpha value is -2.48. The fourth-order valence-corrected chi connectivity index (χ4v) is 2.56. The lowest BCUT2D eigenvalue weighted by Gasteiger charge is -2.17. The summed E-state index contributed by atoms with van der Waals surface area (Å²) in [7, 11) is 1.94. The molecule has 2 N–H and O–H groups in total. The third kappa shape index (κ3) is 3.16. The summed E-state index contributed by atoms with van der Waals surface area (Å²) in [5.74, 6) is 1.16. The van der Waals surface area contributed by atoms with Gasteiger partial charge in [-0.3, -0.25) is 0 Å². The van der Waals surface area contributed by atoms with E-state index in [0.29, 0.717) is 11.9 Å². The van der Waals surface area contributed by atoms with Crippen molar-refractivity contribution in [3.8, 4) is 5.95 Å². The number of rotatable bonds is 5. The number of aromatic nitrogens is 5. The Balaban J connectivity index is 1.78. The van der Waals surface area contributed by atoms with Crippen LogP contribution in [0.3, 0.4) is 0 Å². The second-order valence-electron chi connectivity index (χ2n) is 4.50. The van der Waals surface area contributed by atoms with Crippen molar-refractivity contribution in [3.05, 3.63) is 40.8 Å². The van der Waals surface area contributed by atoms with E-state index in [1.165, 1.54) is 4.88 Å². The second kappa shape index (κ2) is 5.88. The van der Waals surface area contributed by atoms with E-state index in [9.17, 15) is 0 Å². The lowest BCUT2D eigenvalue weighted by atomic mass is 10.3. The highest BCUT2D eigenvalue weighted by atomic mass is 32.1. The molecule has 21 heavy (non-hydrogen) atoms. The topological polar surface area (TPSA) is 85.8 Å². The first-order valence-electron chi connectivity index (χ1n) is 6.47. The minimum atomic E-state index is 0.188. The van der Waals surface area contributed by atoms with Crippen molar-refractivity contribution < 1.29 is 0 Å². The quantitative estimate of drug-likeness (QED) is 0.766. The molecule has 3 aromatic rings. The van der Waals surface area contributed by atoms with E-state index in [1.807, 2.05) is 11.9 Å². The van der Waals surface area contributed by atoms with Crippen molar-refractivity contribution in [1.82, 2.24) is 24.7 Å². The number of likely N-dealkylation sites (N-methyl/N-ethyl adjacent to an activating group) is 1. The molecule has 0 aliphatic carbocycles. The minimum absolute atomic E-state index is 0.188.